The molecule has 0 fully saturated rings. The molecule has 1 aliphatic rings. The normalized spacial score (nSPS) is 27.1. The van der Waals surface area contributed by atoms with Crippen molar-refractivity contribution < 1.29 is 4.68 Å². The first-order valence-corrected chi connectivity index (χ1v) is 8.18. The number of pyridine rings is 1. The number of tetrazole rings is 1. The monoisotopic (exact) mass is 295 g/mol. The van der Waals surface area contributed by atoms with Crippen molar-refractivity contribution in [2.75, 3.05) is 0 Å². The summed E-state index contributed by atoms with van der Waals surface area (Å²) in [6, 6.07) is 6.72. The SMILES string of the molecule is CCC1(C)c2cccc3c(C)cn4nn[n+](c4c23)C1(C)CC. The molecule has 3 aromatic rings. The molecule has 0 saturated carbocycles. The topological polar surface area (TPSA) is 34.1 Å². The van der Waals surface area contributed by atoms with Crippen molar-refractivity contribution >= 4 is 16.4 Å². The number of benzene rings is 1. The van der Waals surface area contributed by atoms with Crippen molar-refractivity contribution in [3.63, 3.8) is 0 Å². The summed E-state index contributed by atoms with van der Waals surface area (Å²) in [7, 11) is 0. The second kappa shape index (κ2) is 4.06. The van der Waals surface area contributed by atoms with Gasteiger partial charge in [0.1, 0.15) is 16.9 Å². The Morgan fingerprint density at radius 3 is 2.64 bits per heavy atom. The van der Waals surface area contributed by atoms with Gasteiger partial charge in [-0.1, -0.05) is 43.5 Å². The van der Waals surface area contributed by atoms with Crippen LogP contribution in [-0.2, 0) is 11.0 Å². The zero-order valence-corrected chi connectivity index (χ0v) is 14.0. The highest BCUT2D eigenvalue weighted by Gasteiger charge is 2.54. The van der Waals surface area contributed by atoms with Gasteiger partial charge in [-0.2, -0.15) is 0 Å². The third-order valence-electron chi connectivity index (χ3n) is 6.32. The summed E-state index contributed by atoms with van der Waals surface area (Å²) in [5.74, 6) is 0. The minimum absolute atomic E-state index is 0.0449. The maximum Gasteiger partial charge on any atom is 0.295 e. The van der Waals surface area contributed by atoms with E-state index in [-0.39, 0.29) is 11.0 Å². The van der Waals surface area contributed by atoms with Crippen molar-refractivity contribution in [1.82, 2.24) is 14.9 Å². The van der Waals surface area contributed by atoms with Crippen LogP contribution in [0.15, 0.2) is 24.4 Å². The van der Waals surface area contributed by atoms with Crippen molar-refractivity contribution in [3.8, 4) is 0 Å². The van der Waals surface area contributed by atoms with Gasteiger partial charge in [0.25, 0.3) is 5.65 Å². The molecule has 4 rings (SSSR count). The lowest BCUT2D eigenvalue weighted by atomic mass is 9.62. The Morgan fingerprint density at radius 1 is 1.18 bits per heavy atom. The standard InChI is InChI=1S/C18H23N4/c1-6-17(4)14-10-8-9-13-12(3)11-21-16(15(13)14)22(20-19-21)18(17,5)7-2/h8-11H,6-7H2,1-5H3/q+1. The third kappa shape index (κ3) is 1.28. The van der Waals surface area contributed by atoms with E-state index >= 15 is 0 Å². The maximum atomic E-state index is 4.55. The average Bonchev–Trinajstić information content (AvgIpc) is 2.96. The zero-order valence-electron chi connectivity index (χ0n) is 14.0. The molecule has 1 aliphatic heterocycles. The number of aromatic nitrogens is 4. The molecule has 4 heteroatoms. The molecule has 2 aromatic heterocycles. The molecule has 0 radical (unpaired) electrons. The van der Waals surface area contributed by atoms with Gasteiger partial charge in [-0.05, 0) is 43.2 Å². The number of hydrogen-bond acceptors (Lipinski definition) is 2. The van der Waals surface area contributed by atoms with E-state index in [1.807, 2.05) is 4.52 Å². The first kappa shape index (κ1) is 13.7. The van der Waals surface area contributed by atoms with Crippen LogP contribution in [-0.4, -0.2) is 14.9 Å². The third-order valence-corrected chi connectivity index (χ3v) is 6.32. The smallest absolute Gasteiger partial charge is 0.126 e. The Hall–Kier alpha value is -1.97. The van der Waals surface area contributed by atoms with Gasteiger partial charge < -0.3 is 0 Å². The largest absolute Gasteiger partial charge is 0.295 e. The number of aryl methyl sites for hydroxylation is 1. The van der Waals surface area contributed by atoms with Crippen LogP contribution in [0.3, 0.4) is 0 Å². The van der Waals surface area contributed by atoms with Gasteiger partial charge in [-0.3, -0.25) is 0 Å². The van der Waals surface area contributed by atoms with Crippen LogP contribution in [0.4, 0.5) is 0 Å². The summed E-state index contributed by atoms with van der Waals surface area (Å²) < 4.78 is 4.12. The lowest BCUT2D eigenvalue weighted by Gasteiger charge is -2.45. The molecule has 0 bridgehead atoms. The predicted octanol–water partition coefficient (Wildman–Crippen LogP) is 3.28. The molecule has 0 saturated heterocycles. The van der Waals surface area contributed by atoms with E-state index in [4.69, 9.17) is 0 Å². The van der Waals surface area contributed by atoms with Crippen molar-refractivity contribution in [3.05, 3.63) is 35.5 Å². The average molecular weight is 295 g/mol. The lowest BCUT2D eigenvalue weighted by Crippen LogP contribution is -2.67. The van der Waals surface area contributed by atoms with Crippen LogP contribution in [0.5, 0.6) is 0 Å². The van der Waals surface area contributed by atoms with Crippen molar-refractivity contribution in [1.29, 1.82) is 0 Å². The summed E-state index contributed by atoms with van der Waals surface area (Å²) in [4.78, 5) is 0. The zero-order chi connectivity index (χ0) is 15.7. The molecule has 4 nitrogen and oxygen atoms in total. The Balaban J connectivity index is 2.33. The highest BCUT2D eigenvalue weighted by molar-refractivity contribution is 5.98. The first-order valence-electron chi connectivity index (χ1n) is 8.18. The summed E-state index contributed by atoms with van der Waals surface area (Å²) in [5, 5.41) is 11.6. The van der Waals surface area contributed by atoms with Gasteiger partial charge in [0, 0.05) is 5.41 Å². The van der Waals surface area contributed by atoms with Crippen LogP contribution >= 0.6 is 0 Å². The van der Waals surface area contributed by atoms with Crippen LogP contribution in [0.1, 0.15) is 51.7 Å². The molecule has 0 amide bonds. The fraction of sp³-hybridized carbons (Fsp3) is 0.500. The molecule has 3 heterocycles. The van der Waals surface area contributed by atoms with E-state index in [0.717, 1.165) is 18.5 Å². The van der Waals surface area contributed by atoms with Crippen LogP contribution in [0, 0.1) is 6.92 Å². The van der Waals surface area contributed by atoms with Crippen LogP contribution in [0.25, 0.3) is 16.4 Å². The van der Waals surface area contributed by atoms with E-state index in [2.05, 4.69) is 74.1 Å². The Morgan fingerprint density at radius 2 is 1.95 bits per heavy atom. The Kier molecular flexibility index (Phi) is 2.52. The fourth-order valence-electron chi connectivity index (χ4n) is 4.37. The second-order valence-electron chi connectivity index (χ2n) is 7.01. The predicted molar refractivity (Wildman–Crippen MR) is 87.0 cm³/mol. The van der Waals surface area contributed by atoms with Gasteiger partial charge in [-0.25, -0.2) is 0 Å². The van der Waals surface area contributed by atoms with Crippen LogP contribution in [0.2, 0.25) is 0 Å². The summed E-state index contributed by atoms with van der Waals surface area (Å²) >= 11 is 0. The minimum Gasteiger partial charge on any atom is -0.126 e. The molecule has 2 atom stereocenters. The fourth-order valence-corrected chi connectivity index (χ4v) is 4.37. The molecular weight excluding hydrogens is 272 g/mol. The van der Waals surface area contributed by atoms with Gasteiger partial charge in [0.15, 0.2) is 5.21 Å². The van der Waals surface area contributed by atoms with Crippen LogP contribution < -0.4 is 4.68 Å². The quantitative estimate of drug-likeness (QED) is 0.680. The number of hydrogen-bond donors (Lipinski definition) is 0. The molecule has 0 aliphatic carbocycles. The Bertz CT molecular complexity index is 910. The number of rotatable bonds is 2. The number of nitrogens with zero attached hydrogens (tertiary/aromatic N) is 4. The molecule has 0 N–H and O–H groups in total. The molecule has 114 valence electrons. The maximum absolute atomic E-state index is 4.55. The Labute approximate surface area is 130 Å². The minimum atomic E-state index is -0.0694. The lowest BCUT2D eigenvalue weighted by molar-refractivity contribution is -0.802. The molecule has 2 unspecified atom stereocenters. The summed E-state index contributed by atoms with van der Waals surface area (Å²) in [6.07, 6.45) is 4.20. The highest BCUT2D eigenvalue weighted by atomic mass is 15.6. The summed E-state index contributed by atoms with van der Waals surface area (Å²) in [5.41, 5.74) is 3.79. The van der Waals surface area contributed by atoms with E-state index in [0.29, 0.717) is 0 Å². The molecule has 0 spiro atoms. The van der Waals surface area contributed by atoms with Gasteiger partial charge >= 0.3 is 0 Å². The molecular formula is C18H23N4+. The molecule has 1 aromatic carbocycles. The highest BCUT2D eigenvalue weighted by Crippen LogP contribution is 2.48. The molecule has 22 heavy (non-hydrogen) atoms. The van der Waals surface area contributed by atoms with Gasteiger partial charge in [-0.15, -0.1) is 4.68 Å². The first-order chi connectivity index (χ1) is 10.5. The van der Waals surface area contributed by atoms with Gasteiger partial charge in [0.2, 0.25) is 0 Å². The summed E-state index contributed by atoms with van der Waals surface area (Å²) in [6.45, 7) is 11.4. The second-order valence-corrected chi connectivity index (χ2v) is 7.01. The van der Waals surface area contributed by atoms with E-state index in [1.54, 1.807) is 0 Å². The van der Waals surface area contributed by atoms with Gasteiger partial charge in [0.05, 0.1) is 5.39 Å². The van der Waals surface area contributed by atoms with Crippen molar-refractivity contribution in [2.45, 2.75) is 58.4 Å². The van der Waals surface area contributed by atoms with E-state index in [9.17, 15) is 0 Å². The van der Waals surface area contributed by atoms with E-state index in [1.165, 1.54) is 21.9 Å². The van der Waals surface area contributed by atoms with E-state index < -0.39 is 0 Å². The van der Waals surface area contributed by atoms with Crippen molar-refractivity contribution in [2.24, 2.45) is 0 Å².